The second kappa shape index (κ2) is 3.75. The number of aromatic nitrogens is 2. The van der Waals surface area contributed by atoms with Gasteiger partial charge in [-0.3, -0.25) is 4.57 Å². The van der Waals surface area contributed by atoms with Crippen molar-refractivity contribution in [3.63, 3.8) is 0 Å². The van der Waals surface area contributed by atoms with Crippen LogP contribution in [0.3, 0.4) is 0 Å². The number of benzene rings is 1. The van der Waals surface area contributed by atoms with E-state index in [4.69, 9.17) is 5.26 Å². The Morgan fingerprint density at radius 2 is 2.27 bits per heavy atom. The number of rotatable bonds is 1. The van der Waals surface area contributed by atoms with Crippen molar-refractivity contribution >= 4 is 15.9 Å². The van der Waals surface area contributed by atoms with E-state index in [1.165, 1.54) is 10.8 Å². The highest BCUT2D eigenvalue weighted by atomic mass is 79.9. The monoisotopic (exact) mass is 263 g/mol. The lowest BCUT2D eigenvalue weighted by atomic mass is 10.2. The highest BCUT2D eigenvalue weighted by Gasteiger charge is 2.06. The van der Waals surface area contributed by atoms with Gasteiger partial charge < -0.3 is 4.98 Å². The first-order valence-electron chi connectivity index (χ1n) is 4.18. The first-order valence-corrected chi connectivity index (χ1v) is 4.98. The molecule has 15 heavy (non-hydrogen) atoms. The molecule has 0 spiro atoms. The van der Waals surface area contributed by atoms with Crippen LogP contribution in [0.1, 0.15) is 5.56 Å². The summed E-state index contributed by atoms with van der Waals surface area (Å²) < 4.78 is 2.21. The van der Waals surface area contributed by atoms with E-state index in [-0.39, 0.29) is 5.69 Å². The Morgan fingerprint density at radius 3 is 2.87 bits per heavy atom. The minimum atomic E-state index is -0.256. The van der Waals surface area contributed by atoms with Gasteiger partial charge in [-0.2, -0.15) is 5.26 Å². The van der Waals surface area contributed by atoms with Crippen LogP contribution in [-0.4, -0.2) is 9.55 Å². The lowest BCUT2D eigenvalue weighted by molar-refractivity contribution is 0.982. The summed E-state index contributed by atoms with van der Waals surface area (Å²) in [7, 11) is 0. The molecule has 0 unspecified atom stereocenters. The molecule has 0 aliphatic rings. The lowest BCUT2D eigenvalue weighted by Gasteiger charge is -2.03. The topological polar surface area (TPSA) is 61.6 Å². The van der Waals surface area contributed by atoms with Crippen LogP contribution in [-0.2, 0) is 0 Å². The number of imidazole rings is 1. The normalized spacial score (nSPS) is 9.87. The Hall–Kier alpha value is -1.80. The molecule has 0 atom stereocenters. The second-order valence-electron chi connectivity index (χ2n) is 2.91. The van der Waals surface area contributed by atoms with Gasteiger partial charge in [-0.05, 0) is 18.2 Å². The van der Waals surface area contributed by atoms with E-state index in [9.17, 15) is 4.79 Å². The Bertz CT molecular complexity index is 591. The number of hydrogen-bond donors (Lipinski definition) is 1. The number of halogens is 1. The summed E-state index contributed by atoms with van der Waals surface area (Å²) in [6, 6.07) is 7.23. The molecule has 1 heterocycles. The predicted molar refractivity (Wildman–Crippen MR) is 58.8 cm³/mol. The van der Waals surface area contributed by atoms with Crippen LogP contribution >= 0.6 is 15.9 Å². The van der Waals surface area contributed by atoms with Crippen LogP contribution in [0, 0.1) is 11.3 Å². The summed E-state index contributed by atoms with van der Waals surface area (Å²) >= 11 is 3.27. The maximum atomic E-state index is 11.4. The highest BCUT2D eigenvalue weighted by molar-refractivity contribution is 9.10. The van der Waals surface area contributed by atoms with Gasteiger partial charge in [0.05, 0.1) is 11.3 Å². The van der Waals surface area contributed by atoms with Crippen molar-refractivity contribution in [2.75, 3.05) is 0 Å². The maximum Gasteiger partial charge on any atom is 0.330 e. The third kappa shape index (κ3) is 1.72. The minimum Gasteiger partial charge on any atom is -0.312 e. The van der Waals surface area contributed by atoms with Crippen molar-refractivity contribution in [1.29, 1.82) is 5.26 Å². The molecule has 0 fully saturated rings. The number of nitrogens with one attached hydrogen (secondary N) is 1. The van der Waals surface area contributed by atoms with Gasteiger partial charge in [0.15, 0.2) is 0 Å². The number of H-pyrrole nitrogens is 1. The van der Waals surface area contributed by atoms with Crippen molar-refractivity contribution in [3.8, 4) is 11.8 Å². The van der Waals surface area contributed by atoms with E-state index in [0.717, 1.165) is 4.47 Å². The van der Waals surface area contributed by atoms with E-state index in [0.29, 0.717) is 11.3 Å². The summed E-state index contributed by atoms with van der Waals surface area (Å²) in [5, 5.41) is 8.94. The Morgan fingerprint density at radius 1 is 1.47 bits per heavy atom. The summed E-state index contributed by atoms with van der Waals surface area (Å²) in [4.78, 5) is 13.9. The highest BCUT2D eigenvalue weighted by Crippen LogP contribution is 2.18. The van der Waals surface area contributed by atoms with Gasteiger partial charge in [0.1, 0.15) is 6.07 Å². The number of hydrogen-bond acceptors (Lipinski definition) is 2. The van der Waals surface area contributed by atoms with Gasteiger partial charge in [0.2, 0.25) is 0 Å². The van der Waals surface area contributed by atoms with Gasteiger partial charge in [0, 0.05) is 16.9 Å². The smallest absolute Gasteiger partial charge is 0.312 e. The quantitative estimate of drug-likeness (QED) is 0.853. The summed E-state index contributed by atoms with van der Waals surface area (Å²) in [6.45, 7) is 0. The van der Waals surface area contributed by atoms with E-state index in [1.807, 2.05) is 6.07 Å². The third-order valence-electron chi connectivity index (χ3n) is 1.99. The molecule has 0 saturated heterocycles. The molecule has 1 N–H and O–H groups in total. The molecule has 2 rings (SSSR count). The van der Waals surface area contributed by atoms with E-state index >= 15 is 0 Å². The second-order valence-corrected chi connectivity index (χ2v) is 3.82. The molecule has 0 radical (unpaired) electrons. The molecule has 2 aromatic rings. The summed E-state index contributed by atoms with van der Waals surface area (Å²) in [5.41, 5.74) is 0.770. The van der Waals surface area contributed by atoms with Gasteiger partial charge in [-0.15, -0.1) is 0 Å². The molecule has 0 aliphatic heterocycles. The fourth-order valence-electron chi connectivity index (χ4n) is 1.32. The number of nitriles is 1. The van der Waals surface area contributed by atoms with Crippen LogP contribution < -0.4 is 5.69 Å². The van der Waals surface area contributed by atoms with E-state index in [2.05, 4.69) is 20.9 Å². The zero-order chi connectivity index (χ0) is 10.8. The Labute approximate surface area is 93.9 Å². The van der Waals surface area contributed by atoms with Gasteiger partial charge in [0.25, 0.3) is 0 Å². The zero-order valence-corrected chi connectivity index (χ0v) is 9.15. The predicted octanol–water partition coefficient (Wildman–Crippen LogP) is 1.80. The molecule has 0 bridgehead atoms. The SMILES string of the molecule is N#Cc1cc(Br)ccc1-n1cc[nH]c1=O. The van der Waals surface area contributed by atoms with Crippen molar-refractivity contribution < 1.29 is 0 Å². The molecule has 5 heteroatoms. The minimum absolute atomic E-state index is 0.256. The van der Waals surface area contributed by atoms with Crippen LogP contribution in [0.5, 0.6) is 0 Å². The lowest BCUT2D eigenvalue weighted by Crippen LogP contribution is -2.15. The first-order chi connectivity index (χ1) is 7.22. The summed E-state index contributed by atoms with van der Waals surface area (Å²) in [6.07, 6.45) is 3.12. The molecular formula is C10H6BrN3O. The van der Waals surface area contributed by atoms with Crippen LogP contribution in [0.15, 0.2) is 39.9 Å². The van der Waals surface area contributed by atoms with Crippen LogP contribution in [0.4, 0.5) is 0 Å². The molecule has 4 nitrogen and oxygen atoms in total. The molecule has 74 valence electrons. The van der Waals surface area contributed by atoms with Crippen LogP contribution in [0.2, 0.25) is 0 Å². The van der Waals surface area contributed by atoms with Crippen molar-refractivity contribution in [2.24, 2.45) is 0 Å². The van der Waals surface area contributed by atoms with Crippen molar-refractivity contribution in [2.45, 2.75) is 0 Å². The maximum absolute atomic E-state index is 11.4. The van der Waals surface area contributed by atoms with Crippen molar-refractivity contribution in [1.82, 2.24) is 9.55 Å². The molecule has 1 aromatic carbocycles. The molecule has 0 aliphatic carbocycles. The fraction of sp³-hybridized carbons (Fsp3) is 0. The average Bonchev–Trinajstić information content (AvgIpc) is 2.64. The molecular weight excluding hydrogens is 258 g/mol. The molecule has 0 amide bonds. The van der Waals surface area contributed by atoms with Crippen molar-refractivity contribution in [3.05, 3.63) is 51.1 Å². The number of aromatic amines is 1. The van der Waals surface area contributed by atoms with E-state index < -0.39 is 0 Å². The third-order valence-corrected chi connectivity index (χ3v) is 2.48. The van der Waals surface area contributed by atoms with Crippen LogP contribution in [0.25, 0.3) is 5.69 Å². The van der Waals surface area contributed by atoms with Gasteiger partial charge >= 0.3 is 5.69 Å². The average molecular weight is 264 g/mol. The standard InChI is InChI=1S/C10H6BrN3O/c11-8-1-2-9(7(5-8)6-12)14-4-3-13-10(14)15/h1-5H,(H,13,15). The molecule has 1 aromatic heterocycles. The van der Waals surface area contributed by atoms with Gasteiger partial charge in [-0.1, -0.05) is 15.9 Å². The zero-order valence-electron chi connectivity index (χ0n) is 7.57. The van der Waals surface area contributed by atoms with Gasteiger partial charge in [-0.25, -0.2) is 4.79 Å². The number of nitrogens with zero attached hydrogens (tertiary/aromatic N) is 2. The first kappa shape index (κ1) is 9.74. The fourth-order valence-corrected chi connectivity index (χ4v) is 1.68. The Balaban J connectivity index is 2.70. The largest absolute Gasteiger partial charge is 0.330 e. The molecule has 0 saturated carbocycles. The summed E-state index contributed by atoms with van der Waals surface area (Å²) in [5.74, 6) is 0. The Kier molecular flexibility index (Phi) is 2.44. The van der Waals surface area contributed by atoms with E-state index in [1.54, 1.807) is 24.4 Å².